The van der Waals surface area contributed by atoms with E-state index >= 15 is 0 Å². The molecular formula is C14H10BrCl2FN2O2. The van der Waals surface area contributed by atoms with E-state index in [1.165, 1.54) is 12.1 Å². The third kappa shape index (κ3) is 4.32. The van der Waals surface area contributed by atoms with Crippen LogP contribution in [0, 0.1) is 5.82 Å². The zero-order valence-corrected chi connectivity index (χ0v) is 14.3. The highest BCUT2D eigenvalue weighted by Crippen LogP contribution is 2.28. The van der Waals surface area contributed by atoms with Gasteiger partial charge >= 0.3 is 0 Å². The first-order chi connectivity index (χ1) is 10.4. The van der Waals surface area contributed by atoms with Crippen molar-refractivity contribution in [3.05, 3.63) is 50.8 Å². The highest BCUT2D eigenvalue weighted by Gasteiger charge is 2.18. The molecule has 2 aromatic rings. The molecule has 1 aromatic heterocycles. The van der Waals surface area contributed by atoms with Gasteiger partial charge in [-0.25, -0.2) is 9.37 Å². The number of pyridine rings is 1. The predicted molar refractivity (Wildman–Crippen MR) is 87.1 cm³/mol. The van der Waals surface area contributed by atoms with Crippen LogP contribution in [-0.2, 0) is 4.79 Å². The zero-order chi connectivity index (χ0) is 16.3. The van der Waals surface area contributed by atoms with Gasteiger partial charge in [-0.05, 0) is 47.1 Å². The summed E-state index contributed by atoms with van der Waals surface area (Å²) >= 11 is 14.9. The van der Waals surface area contributed by atoms with Crippen LogP contribution in [0.2, 0.25) is 10.0 Å². The largest absolute Gasteiger partial charge is 0.479 e. The van der Waals surface area contributed by atoms with Gasteiger partial charge in [-0.15, -0.1) is 0 Å². The maximum absolute atomic E-state index is 13.0. The number of anilines is 1. The molecule has 0 saturated carbocycles. The molecule has 1 aromatic carbocycles. The Morgan fingerprint density at radius 2 is 2.14 bits per heavy atom. The van der Waals surface area contributed by atoms with Gasteiger partial charge in [0, 0.05) is 5.02 Å². The monoisotopic (exact) mass is 406 g/mol. The zero-order valence-electron chi connectivity index (χ0n) is 11.2. The molecule has 0 aliphatic rings. The molecule has 1 heterocycles. The highest BCUT2D eigenvalue weighted by atomic mass is 79.9. The Hall–Kier alpha value is -1.37. The van der Waals surface area contributed by atoms with Gasteiger partial charge in [0.05, 0.1) is 15.7 Å². The number of hydrogen-bond donors (Lipinski definition) is 1. The number of benzene rings is 1. The Kier molecular flexibility index (Phi) is 5.61. The SMILES string of the molecule is CC(Oc1ccc(Cl)cc1Cl)C(=O)Nc1ncc(F)cc1Br. The number of nitrogens with zero attached hydrogens (tertiary/aromatic N) is 1. The van der Waals surface area contributed by atoms with Crippen LogP contribution in [0.4, 0.5) is 10.2 Å². The first-order valence-electron chi connectivity index (χ1n) is 6.10. The van der Waals surface area contributed by atoms with Crippen molar-refractivity contribution in [3.63, 3.8) is 0 Å². The highest BCUT2D eigenvalue weighted by molar-refractivity contribution is 9.10. The molecule has 1 amide bonds. The third-order valence-corrected chi connectivity index (χ3v) is 3.75. The molecule has 0 radical (unpaired) electrons. The predicted octanol–water partition coefficient (Wildman–Crippen LogP) is 4.70. The summed E-state index contributed by atoms with van der Waals surface area (Å²) in [5, 5.41) is 3.30. The summed E-state index contributed by atoms with van der Waals surface area (Å²) < 4.78 is 18.8. The molecule has 22 heavy (non-hydrogen) atoms. The number of rotatable bonds is 4. The average molecular weight is 408 g/mol. The van der Waals surface area contributed by atoms with Gasteiger partial charge in [0.25, 0.3) is 5.91 Å². The van der Waals surface area contributed by atoms with Crippen LogP contribution in [0.3, 0.4) is 0 Å². The third-order valence-electron chi connectivity index (χ3n) is 2.62. The molecular weight excluding hydrogens is 398 g/mol. The van der Waals surface area contributed by atoms with Gasteiger partial charge in [-0.3, -0.25) is 4.79 Å². The Morgan fingerprint density at radius 1 is 1.41 bits per heavy atom. The normalized spacial score (nSPS) is 11.9. The van der Waals surface area contributed by atoms with Crippen molar-refractivity contribution in [2.75, 3.05) is 5.32 Å². The Balaban J connectivity index is 2.05. The fraction of sp³-hybridized carbons (Fsp3) is 0.143. The second-order valence-electron chi connectivity index (χ2n) is 4.31. The molecule has 1 unspecified atom stereocenters. The number of nitrogens with one attached hydrogen (secondary N) is 1. The molecule has 8 heteroatoms. The van der Waals surface area contributed by atoms with Crippen LogP contribution < -0.4 is 10.1 Å². The summed E-state index contributed by atoms with van der Waals surface area (Å²) in [4.78, 5) is 15.9. The fourth-order valence-electron chi connectivity index (χ4n) is 1.54. The second-order valence-corrected chi connectivity index (χ2v) is 6.01. The summed E-state index contributed by atoms with van der Waals surface area (Å²) in [5.41, 5.74) is 0. The molecule has 0 saturated heterocycles. The summed E-state index contributed by atoms with van der Waals surface area (Å²) in [5.74, 6) is -0.433. The summed E-state index contributed by atoms with van der Waals surface area (Å²) in [6, 6.07) is 5.89. The number of carbonyl (C=O) groups excluding carboxylic acids is 1. The van der Waals surface area contributed by atoms with E-state index in [1.54, 1.807) is 19.1 Å². The van der Waals surface area contributed by atoms with E-state index in [0.29, 0.717) is 20.3 Å². The van der Waals surface area contributed by atoms with E-state index in [2.05, 4.69) is 26.2 Å². The number of amides is 1. The van der Waals surface area contributed by atoms with Crippen molar-refractivity contribution in [2.45, 2.75) is 13.0 Å². The van der Waals surface area contributed by atoms with Crippen molar-refractivity contribution in [1.29, 1.82) is 0 Å². The minimum Gasteiger partial charge on any atom is -0.479 e. The minimum atomic E-state index is -0.836. The van der Waals surface area contributed by atoms with E-state index in [1.807, 2.05) is 0 Å². The van der Waals surface area contributed by atoms with E-state index in [4.69, 9.17) is 27.9 Å². The van der Waals surface area contributed by atoms with Crippen molar-refractivity contribution < 1.29 is 13.9 Å². The van der Waals surface area contributed by atoms with Crippen molar-refractivity contribution in [3.8, 4) is 5.75 Å². The van der Waals surface area contributed by atoms with Gasteiger partial charge in [-0.2, -0.15) is 0 Å². The first-order valence-corrected chi connectivity index (χ1v) is 7.65. The van der Waals surface area contributed by atoms with Gasteiger partial charge in [0.2, 0.25) is 0 Å². The van der Waals surface area contributed by atoms with Crippen LogP contribution in [0.5, 0.6) is 5.75 Å². The van der Waals surface area contributed by atoms with E-state index in [-0.39, 0.29) is 5.82 Å². The Labute approximate surface area is 144 Å². The second kappa shape index (κ2) is 7.26. The number of hydrogen-bond acceptors (Lipinski definition) is 3. The van der Waals surface area contributed by atoms with Crippen molar-refractivity contribution in [2.24, 2.45) is 0 Å². The Morgan fingerprint density at radius 3 is 2.77 bits per heavy atom. The van der Waals surface area contributed by atoms with Crippen LogP contribution in [0.25, 0.3) is 0 Å². The molecule has 0 spiro atoms. The van der Waals surface area contributed by atoms with Crippen LogP contribution in [-0.4, -0.2) is 17.0 Å². The summed E-state index contributed by atoms with van der Waals surface area (Å²) in [6.45, 7) is 1.55. The van der Waals surface area contributed by atoms with E-state index < -0.39 is 17.8 Å². The number of ether oxygens (including phenoxy) is 1. The van der Waals surface area contributed by atoms with Crippen molar-refractivity contribution >= 4 is 50.9 Å². The maximum atomic E-state index is 13.0. The topological polar surface area (TPSA) is 51.2 Å². The first kappa shape index (κ1) is 17.0. The Bertz CT molecular complexity index is 715. The molecule has 0 fully saturated rings. The van der Waals surface area contributed by atoms with E-state index in [0.717, 1.165) is 6.20 Å². The molecule has 0 bridgehead atoms. The molecule has 116 valence electrons. The number of carbonyl (C=O) groups is 1. The average Bonchev–Trinajstić information content (AvgIpc) is 2.44. The molecule has 1 atom stereocenters. The number of halogens is 4. The van der Waals surface area contributed by atoms with Crippen LogP contribution in [0.1, 0.15) is 6.92 Å². The van der Waals surface area contributed by atoms with Gasteiger partial charge in [0.1, 0.15) is 17.4 Å². The summed E-state index contributed by atoms with van der Waals surface area (Å²) in [6.07, 6.45) is 0.166. The lowest BCUT2D eigenvalue weighted by Crippen LogP contribution is -2.30. The van der Waals surface area contributed by atoms with Gasteiger partial charge < -0.3 is 10.1 Å². The lowest BCUT2D eigenvalue weighted by atomic mass is 10.3. The minimum absolute atomic E-state index is 0.198. The smallest absolute Gasteiger partial charge is 0.266 e. The standard InChI is InChI=1S/C14H10BrCl2FN2O2/c1-7(22-12-3-2-8(16)4-11(12)17)14(21)20-13-10(15)5-9(18)6-19-13/h2-7H,1H3,(H,19,20,21). The van der Waals surface area contributed by atoms with Crippen LogP contribution in [0.15, 0.2) is 34.9 Å². The lowest BCUT2D eigenvalue weighted by Gasteiger charge is -2.16. The molecule has 4 nitrogen and oxygen atoms in total. The maximum Gasteiger partial charge on any atom is 0.266 e. The lowest BCUT2D eigenvalue weighted by molar-refractivity contribution is -0.122. The molecule has 0 aliphatic carbocycles. The van der Waals surface area contributed by atoms with Gasteiger partial charge in [0.15, 0.2) is 6.10 Å². The quantitative estimate of drug-likeness (QED) is 0.799. The summed E-state index contributed by atoms with van der Waals surface area (Å²) in [7, 11) is 0. The molecule has 2 rings (SSSR count). The molecule has 1 N–H and O–H groups in total. The fourth-order valence-corrected chi connectivity index (χ4v) is 2.41. The van der Waals surface area contributed by atoms with Crippen LogP contribution >= 0.6 is 39.1 Å². The van der Waals surface area contributed by atoms with E-state index in [9.17, 15) is 9.18 Å². The molecule has 0 aliphatic heterocycles. The number of aromatic nitrogens is 1. The van der Waals surface area contributed by atoms with Gasteiger partial charge in [-0.1, -0.05) is 23.2 Å². The van der Waals surface area contributed by atoms with Crippen molar-refractivity contribution in [1.82, 2.24) is 4.98 Å².